The molecule has 0 aliphatic carbocycles. The van der Waals surface area contributed by atoms with Gasteiger partial charge >= 0.3 is 5.97 Å². The fourth-order valence-electron chi connectivity index (χ4n) is 1.69. The number of nitrogens with zero attached hydrogens (tertiary/aromatic N) is 2. The predicted molar refractivity (Wildman–Crippen MR) is 61.2 cm³/mol. The van der Waals surface area contributed by atoms with Crippen molar-refractivity contribution in [3.8, 4) is 0 Å². The molecule has 1 aromatic rings. The summed E-state index contributed by atoms with van der Waals surface area (Å²) in [7, 11) is 0. The minimum atomic E-state index is -1.21. The quantitative estimate of drug-likeness (QED) is 0.612. The van der Waals surface area contributed by atoms with Crippen LogP contribution in [0.15, 0.2) is 30.1 Å². The van der Waals surface area contributed by atoms with Crippen LogP contribution in [0.1, 0.15) is 12.0 Å². The zero-order chi connectivity index (χ0) is 13.1. The van der Waals surface area contributed by atoms with Crippen LogP contribution >= 0.6 is 0 Å². The maximum atomic E-state index is 11.8. The molecular formula is C12H10N2O4. The molecule has 0 bridgehead atoms. The highest BCUT2D eigenvalue weighted by atomic mass is 16.4. The summed E-state index contributed by atoms with van der Waals surface area (Å²) in [5, 5.41) is 8.61. The molecule has 0 atom stereocenters. The van der Waals surface area contributed by atoms with Crippen molar-refractivity contribution in [3.63, 3.8) is 0 Å². The number of likely N-dealkylation sites (tertiary alicyclic amines) is 1. The standard InChI is InChI=1S/C12H10N2O4/c15-10-5-9(4-8-2-1-3-13-6-8)12(18)14(10)7-11(16)17/h1-4,6H,5,7H2,(H,16,17)/b9-4+. The molecule has 1 aromatic heterocycles. The van der Waals surface area contributed by atoms with Crippen LogP contribution in [-0.4, -0.2) is 39.3 Å². The molecule has 1 aliphatic rings. The zero-order valence-corrected chi connectivity index (χ0v) is 9.37. The smallest absolute Gasteiger partial charge is 0.323 e. The highest BCUT2D eigenvalue weighted by molar-refractivity contribution is 6.16. The van der Waals surface area contributed by atoms with Crippen molar-refractivity contribution in [2.24, 2.45) is 0 Å². The summed E-state index contributed by atoms with van der Waals surface area (Å²) in [5.41, 5.74) is 0.986. The van der Waals surface area contributed by atoms with Gasteiger partial charge in [0.05, 0.1) is 6.42 Å². The van der Waals surface area contributed by atoms with E-state index in [2.05, 4.69) is 4.98 Å². The summed E-state index contributed by atoms with van der Waals surface area (Å²) < 4.78 is 0. The maximum Gasteiger partial charge on any atom is 0.323 e. The van der Waals surface area contributed by atoms with Crippen LogP contribution in [0.3, 0.4) is 0 Å². The molecule has 0 unspecified atom stereocenters. The lowest BCUT2D eigenvalue weighted by Gasteiger charge is -2.08. The molecule has 1 aliphatic heterocycles. The van der Waals surface area contributed by atoms with E-state index >= 15 is 0 Å². The summed E-state index contributed by atoms with van der Waals surface area (Å²) >= 11 is 0. The second-order valence-electron chi connectivity index (χ2n) is 3.81. The Hall–Kier alpha value is -2.50. The molecule has 2 heterocycles. The van der Waals surface area contributed by atoms with Gasteiger partial charge in [0.1, 0.15) is 6.54 Å². The molecule has 0 radical (unpaired) electrons. The molecule has 18 heavy (non-hydrogen) atoms. The number of aliphatic carboxylic acids is 1. The summed E-state index contributed by atoms with van der Waals surface area (Å²) in [6.45, 7) is -0.595. The van der Waals surface area contributed by atoms with Gasteiger partial charge in [0, 0.05) is 18.0 Å². The van der Waals surface area contributed by atoms with Crippen LogP contribution in [0.5, 0.6) is 0 Å². The van der Waals surface area contributed by atoms with Gasteiger partial charge in [-0.3, -0.25) is 24.3 Å². The number of amides is 2. The van der Waals surface area contributed by atoms with Gasteiger partial charge < -0.3 is 5.11 Å². The SMILES string of the molecule is O=C(O)CN1C(=O)C/C(=C\c2cccnc2)C1=O. The van der Waals surface area contributed by atoms with E-state index in [1.165, 1.54) is 0 Å². The van der Waals surface area contributed by atoms with Gasteiger partial charge in [0.15, 0.2) is 0 Å². The molecular weight excluding hydrogens is 236 g/mol. The van der Waals surface area contributed by atoms with Crippen molar-refractivity contribution in [3.05, 3.63) is 35.7 Å². The van der Waals surface area contributed by atoms with Crippen LogP contribution in [0.2, 0.25) is 0 Å². The van der Waals surface area contributed by atoms with E-state index in [9.17, 15) is 14.4 Å². The molecule has 6 heteroatoms. The molecule has 0 spiro atoms. The second-order valence-corrected chi connectivity index (χ2v) is 3.81. The van der Waals surface area contributed by atoms with Gasteiger partial charge in [0.2, 0.25) is 5.91 Å². The predicted octanol–water partition coefficient (Wildman–Crippen LogP) is 0.309. The second kappa shape index (κ2) is 4.79. The number of aromatic nitrogens is 1. The number of rotatable bonds is 3. The maximum absolute atomic E-state index is 11.8. The number of carbonyl (C=O) groups is 3. The van der Waals surface area contributed by atoms with Crippen LogP contribution in [0.25, 0.3) is 6.08 Å². The molecule has 1 N–H and O–H groups in total. The van der Waals surface area contributed by atoms with Crippen molar-refractivity contribution in [2.75, 3.05) is 6.54 Å². The molecule has 2 rings (SSSR count). The van der Waals surface area contributed by atoms with Crippen molar-refractivity contribution >= 4 is 23.9 Å². The lowest BCUT2D eigenvalue weighted by molar-refractivity contribution is -0.148. The molecule has 92 valence electrons. The lowest BCUT2D eigenvalue weighted by atomic mass is 10.1. The largest absolute Gasteiger partial charge is 0.480 e. The summed E-state index contributed by atoms with van der Waals surface area (Å²) in [4.78, 5) is 38.5. The van der Waals surface area contributed by atoms with Gasteiger partial charge in [-0.25, -0.2) is 0 Å². The van der Waals surface area contributed by atoms with E-state index in [1.807, 2.05) is 0 Å². The van der Waals surface area contributed by atoms with Gasteiger partial charge in [-0.15, -0.1) is 0 Å². The first-order valence-electron chi connectivity index (χ1n) is 5.25. The van der Waals surface area contributed by atoms with Gasteiger partial charge in [0.25, 0.3) is 5.91 Å². The first-order valence-corrected chi connectivity index (χ1v) is 5.25. The fourth-order valence-corrected chi connectivity index (χ4v) is 1.69. The Kier molecular flexibility index (Phi) is 3.18. The third-order valence-corrected chi connectivity index (χ3v) is 2.48. The lowest BCUT2D eigenvalue weighted by Crippen LogP contribution is -2.34. The summed E-state index contributed by atoms with van der Waals surface area (Å²) in [5.74, 6) is -2.25. The highest BCUT2D eigenvalue weighted by Gasteiger charge is 2.34. The van der Waals surface area contributed by atoms with Gasteiger partial charge in [-0.05, 0) is 17.7 Å². The van der Waals surface area contributed by atoms with Crippen LogP contribution in [0, 0.1) is 0 Å². The number of carbonyl (C=O) groups excluding carboxylic acids is 2. The fraction of sp³-hybridized carbons (Fsp3) is 0.167. The Labute approximate surface area is 103 Å². The topological polar surface area (TPSA) is 87.6 Å². The number of pyridine rings is 1. The first-order chi connectivity index (χ1) is 8.58. The minimum absolute atomic E-state index is 0.0684. The molecule has 1 fully saturated rings. The number of imide groups is 1. The minimum Gasteiger partial charge on any atom is -0.480 e. The van der Waals surface area contributed by atoms with Gasteiger partial charge in [-0.1, -0.05) is 6.07 Å². The van der Waals surface area contributed by atoms with Crippen LogP contribution in [0.4, 0.5) is 0 Å². The Morgan fingerprint density at radius 3 is 2.89 bits per heavy atom. The van der Waals surface area contributed by atoms with Crippen molar-refractivity contribution in [2.45, 2.75) is 6.42 Å². The monoisotopic (exact) mass is 246 g/mol. The summed E-state index contributed by atoms with van der Waals surface area (Å²) in [6, 6.07) is 3.46. The highest BCUT2D eigenvalue weighted by Crippen LogP contribution is 2.20. The van der Waals surface area contributed by atoms with Crippen LogP contribution in [-0.2, 0) is 14.4 Å². The number of hydrogen-bond acceptors (Lipinski definition) is 4. The first kappa shape index (κ1) is 12.0. The van der Waals surface area contributed by atoms with Crippen molar-refractivity contribution in [1.82, 2.24) is 9.88 Å². The molecule has 2 amide bonds. The number of carboxylic acid groups (broad SMARTS) is 1. The van der Waals surface area contributed by atoms with E-state index in [4.69, 9.17) is 5.11 Å². The van der Waals surface area contributed by atoms with Crippen LogP contribution < -0.4 is 0 Å². The number of carboxylic acids is 1. The normalized spacial score (nSPS) is 17.6. The molecule has 0 aromatic carbocycles. The molecule has 1 saturated heterocycles. The van der Waals surface area contributed by atoms with E-state index in [-0.39, 0.29) is 12.0 Å². The average molecular weight is 246 g/mol. The van der Waals surface area contributed by atoms with Crippen molar-refractivity contribution in [1.29, 1.82) is 0 Å². The Morgan fingerprint density at radius 2 is 2.28 bits per heavy atom. The molecule has 0 saturated carbocycles. The Bertz CT molecular complexity index is 536. The Balaban J connectivity index is 2.23. The van der Waals surface area contributed by atoms with E-state index in [1.54, 1.807) is 30.6 Å². The van der Waals surface area contributed by atoms with Crippen molar-refractivity contribution < 1.29 is 19.5 Å². The van der Waals surface area contributed by atoms with E-state index < -0.39 is 24.3 Å². The summed E-state index contributed by atoms with van der Waals surface area (Å²) in [6.07, 6.45) is 4.64. The molecule has 6 nitrogen and oxygen atoms in total. The average Bonchev–Trinajstić information content (AvgIpc) is 2.58. The van der Waals surface area contributed by atoms with Gasteiger partial charge in [-0.2, -0.15) is 0 Å². The third kappa shape index (κ3) is 2.42. The van der Waals surface area contributed by atoms with E-state index in [0.29, 0.717) is 5.56 Å². The number of hydrogen-bond donors (Lipinski definition) is 1. The Morgan fingerprint density at radius 1 is 1.50 bits per heavy atom. The van der Waals surface area contributed by atoms with E-state index in [0.717, 1.165) is 4.90 Å². The third-order valence-electron chi connectivity index (χ3n) is 2.48. The zero-order valence-electron chi connectivity index (χ0n) is 9.37.